The molecule has 0 radical (unpaired) electrons. The van der Waals surface area contributed by atoms with Crippen molar-refractivity contribution in [1.82, 2.24) is 0 Å². The van der Waals surface area contributed by atoms with E-state index in [1.54, 1.807) is 6.07 Å². The highest BCUT2D eigenvalue weighted by molar-refractivity contribution is 6.31. The summed E-state index contributed by atoms with van der Waals surface area (Å²) in [6.45, 7) is 4.95. The molecule has 0 amide bonds. The van der Waals surface area contributed by atoms with E-state index in [-0.39, 0.29) is 0 Å². The highest BCUT2D eigenvalue weighted by Gasteiger charge is 2.21. The Kier molecular flexibility index (Phi) is 6.58. The summed E-state index contributed by atoms with van der Waals surface area (Å²) in [5.74, 6) is 0.642. The fraction of sp³-hybridized carbons (Fsp3) is 0.571. The molecule has 0 heterocycles. The van der Waals surface area contributed by atoms with E-state index in [0.717, 1.165) is 12.0 Å². The molecule has 108 valence electrons. The smallest absolute Gasteiger partial charge is 0.125 e. The first-order valence-corrected chi connectivity index (χ1v) is 6.95. The Morgan fingerprint density at radius 2 is 2.11 bits per heavy atom. The van der Waals surface area contributed by atoms with Crippen LogP contribution in [0.4, 0.5) is 0 Å². The molecule has 1 rings (SSSR count). The summed E-state index contributed by atoms with van der Waals surface area (Å²) in [4.78, 5) is 0. The molecular formula is C14H23ClN2O2. The largest absolute Gasteiger partial charge is 0.493 e. The number of rotatable bonds is 7. The maximum atomic E-state index is 10.3. The predicted octanol–water partition coefficient (Wildman–Crippen LogP) is 2.15. The van der Waals surface area contributed by atoms with Gasteiger partial charge in [0.25, 0.3) is 0 Å². The molecule has 2 unspecified atom stereocenters. The van der Waals surface area contributed by atoms with Crippen molar-refractivity contribution in [3.63, 3.8) is 0 Å². The molecular weight excluding hydrogens is 264 g/mol. The molecule has 0 aliphatic heterocycles. The highest BCUT2D eigenvalue weighted by Crippen LogP contribution is 2.33. The van der Waals surface area contributed by atoms with Crippen LogP contribution in [0.25, 0.3) is 0 Å². The molecule has 0 fully saturated rings. The lowest BCUT2D eigenvalue weighted by Gasteiger charge is -2.22. The highest BCUT2D eigenvalue weighted by atomic mass is 35.5. The molecule has 19 heavy (non-hydrogen) atoms. The van der Waals surface area contributed by atoms with Crippen LogP contribution in [0, 0.1) is 6.92 Å². The lowest BCUT2D eigenvalue weighted by molar-refractivity contribution is 0.138. The summed E-state index contributed by atoms with van der Waals surface area (Å²) >= 11 is 6.11. The standard InChI is InChI=1S/C14H23ClN2O2/c1-3-6-19-13-7-9(2)11(15)8-10(13)14(18)12(17)4-5-16/h7-8,12,14,18H,3-6,16-17H2,1-2H3. The van der Waals surface area contributed by atoms with Gasteiger partial charge in [0.1, 0.15) is 5.75 Å². The van der Waals surface area contributed by atoms with Crippen LogP contribution in [-0.4, -0.2) is 24.3 Å². The minimum absolute atomic E-state index is 0.423. The van der Waals surface area contributed by atoms with E-state index in [4.69, 9.17) is 27.8 Å². The van der Waals surface area contributed by atoms with Crippen molar-refractivity contribution in [3.05, 3.63) is 28.3 Å². The number of hydrogen-bond donors (Lipinski definition) is 3. The lowest BCUT2D eigenvalue weighted by Crippen LogP contribution is -2.31. The Labute approximate surface area is 119 Å². The fourth-order valence-electron chi connectivity index (χ4n) is 1.82. The van der Waals surface area contributed by atoms with E-state index in [1.807, 2.05) is 19.9 Å². The molecule has 5 N–H and O–H groups in total. The topological polar surface area (TPSA) is 81.5 Å². The summed E-state index contributed by atoms with van der Waals surface area (Å²) < 4.78 is 5.67. The molecule has 2 atom stereocenters. The first-order chi connectivity index (χ1) is 9.01. The van der Waals surface area contributed by atoms with Gasteiger partial charge in [0.2, 0.25) is 0 Å². The van der Waals surface area contributed by atoms with Crippen LogP contribution in [0.15, 0.2) is 12.1 Å². The zero-order valence-electron chi connectivity index (χ0n) is 11.5. The van der Waals surface area contributed by atoms with E-state index in [0.29, 0.717) is 35.9 Å². The third-order valence-electron chi connectivity index (χ3n) is 2.98. The maximum absolute atomic E-state index is 10.3. The van der Waals surface area contributed by atoms with E-state index < -0.39 is 12.1 Å². The van der Waals surface area contributed by atoms with E-state index in [2.05, 4.69) is 0 Å². The summed E-state index contributed by atoms with van der Waals surface area (Å²) in [7, 11) is 0. The second kappa shape index (κ2) is 7.70. The van der Waals surface area contributed by atoms with Gasteiger partial charge in [-0.3, -0.25) is 0 Å². The molecule has 5 heteroatoms. The molecule has 0 spiro atoms. The van der Waals surface area contributed by atoms with Crippen molar-refractivity contribution >= 4 is 11.6 Å². The minimum Gasteiger partial charge on any atom is -0.493 e. The van der Waals surface area contributed by atoms with Gasteiger partial charge in [-0.2, -0.15) is 0 Å². The third kappa shape index (κ3) is 4.35. The van der Waals surface area contributed by atoms with Crippen molar-refractivity contribution in [2.24, 2.45) is 11.5 Å². The van der Waals surface area contributed by atoms with Crippen LogP contribution in [0.2, 0.25) is 5.02 Å². The number of benzene rings is 1. The van der Waals surface area contributed by atoms with Crippen LogP contribution in [0.5, 0.6) is 5.75 Å². The van der Waals surface area contributed by atoms with Crippen LogP contribution in [-0.2, 0) is 0 Å². The molecule has 0 aliphatic rings. The van der Waals surface area contributed by atoms with Crippen molar-refractivity contribution in [3.8, 4) is 5.75 Å². The number of halogens is 1. The first kappa shape index (κ1) is 16.2. The van der Waals surface area contributed by atoms with Crippen LogP contribution in [0.3, 0.4) is 0 Å². The molecule has 0 aliphatic carbocycles. The molecule has 1 aromatic rings. The van der Waals surface area contributed by atoms with Crippen LogP contribution in [0.1, 0.15) is 37.0 Å². The number of aliphatic hydroxyl groups is 1. The zero-order valence-corrected chi connectivity index (χ0v) is 12.3. The van der Waals surface area contributed by atoms with E-state index >= 15 is 0 Å². The number of aliphatic hydroxyl groups excluding tert-OH is 1. The van der Waals surface area contributed by atoms with Gasteiger partial charge in [0.05, 0.1) is 12.7 Å². The molecule has 0 saturated carbocycles. The average molecular weight is 287 g/mol. The van der Waals surface area contributed by atoms with Gasteiger partial charge in [-0.15, -0.1) is 0 Å². The molecule has 4 nitrogen and oxygen atoms in total. The van der Waals surface area contributed by atoms with Crippen molar-refractivity contribution in [1.29, 1.82) is 0 Å². The number of hydrogen-bond acceptors (Lipinski definition) is 4. The Morgan fingerprint density at radius 3 is 2.68 bits per heavy atom. The van der Waals surface area contributed by atoms with Crippen LogP contribution >= 0.6 is 11.6 Å². The van der Waals surface area contributed by atoms with E-state index in [9.17, 15) is 5.11 Å². The van der Waals surface area contributed by atoms with Crippen molar-refractivity contribution < 1.29 is 9.84 Å². The summed E-state index contributed by atoms with van der Waals surface area (Å²) in [6, 6.07) is 3.14. The number of ether oxygens (including phenoxy) is 1. The second-order valence-corrected chi connectivity index (χ2v) is 5.08. The summed E-state index contributed by atoms with van der Waals surface area (Å²) in [6.07, 6.45) is 0.611. The average Bonchev–Trinajstić information content (AvgIpc) is 2.39. The van der Waals surface area contributed by atoms with Crippen molar-refractivity contribution in [2.75, 3.05) is 13.2 Å². The van der Waals surface area contributed by atoms with Gasteiger partial charge in [-0.25, -0.2) is 0 Å². The summed E-state index contributed by atoms with van der Waals surface area (Å²) in [5.41, 5.74) is 12.9. The molecule has 1 aromatic carbocycles. The monoisotopic (exact) mass is 286 g/mol. The Hall–Kier alpha value is -0.810. The van der Waals surface area contributed by atoms with Crippen LogP contribution < -0.4 is 16.2 Å². The lowest BCUT2D eigenvalue weighted by atomic mass is 9.98. The minimum atomic E-state index is -0.825. The second-order valence-electron chi connectivity index (χ2n) is 4.67. The van der Waals surface area contributed by atoms with Gasteiger partial charge >= 0.3 is 0 Å². The quantitative estimate of drug-likeness (QED) is 0.717. The predicted molar refractivity (Wildman–Crippen MR) is 78.6 cm³/mol. The van der Waals surface area contributed by atoms with Gasteiger partial charge in [0, 0.05) is 16.6 Å². The van der Waals surface area contributed by atoms with Crippen molar-refractivity contribution in [2.45, 2.75) is 38.8 Å². The Balaban J connectivity index is 3.05. The molecule has 0 bridgehead atoms. The molecule has 0 saturated heterocycles. The Morgan fingerprint density at radius 1 is 1.42 bits per heavy atom. The van der Waals surface area contributed by atoms with Gasteiger partial charge in [0.15, 0.2) is 0 Å². The zero-order chi connectivity index (χ0) is 14.4. The number of aryl methyl sites for hydroxylation is 1. The fourth-order valence-corrected chi connectivity index (χ4v) is 1.99. The maximum Gasteiger partial charge on any atom is 0.125 e. The first-order valence-electron chi connectivity index (χ1n) is 6.57. The van der Waals surface area contributed by atoms with Gasteiger partial charge < -0.3 is 21.3 Å². The third-order valence-corrected chi connectivity index (χ3v) is 3.38. The normalized spacial score (nSPS) is 14.2. The summed E-state index contributed by atoms with van der Waals surface area (Å²) in [5, 5.41) is 10.9. The molecule has 0 aromatic heterocycles. The van der Waals surface area contributed by atoms with E-state index in [1.165, 1.54) is 0 Å². The number of nitrogens with two attached hydrogens (primary N) is 2. The van der Waals surface area contributed by atoms with Gasteiger partial charge in [-0.05, 0) is 44.0 Å². The SMILES string of the molecule is CCCOc1cc(C)c(Cl)cc1C(O)C(N)CCN. The van der Waals surface area contributed by atoms with Gasteiger partial charge in [-0.1, -0.05) is 18.5 Å². The Bertz CT molecular complexity index is 413.